The first-order valence-electron chi connectivity index (χ1n) is 15.9. The second-order valence-electron chi connectivity index (χ2n) is 10.7. The lowest BCUT2D eigenvalue weighted by atomic mass is 9.98. The van der Waals surface area contributed by atoms with Crippen molar-refractivity contribution in [1.82, 2.24) is 0 Å². The van der Waals surface area contributed by atoms with Gasteiger partial charge in [0.15, 0.2) is 0 Å². The van der Waals surface area contributed by atoms with Crippen LogP contribution in [0.15, 0.2) is 116 Å². The first-order valence-corrected chi connectivity index (χ1v) is 15.9. The van der Waals surface area contributed by atoms with Crippen molar-refractivity contribution in [2.75, 3.05) is 19.8 Å². The molecule has 248 valence electrons. The molecule has 0 saturated heterocycles. The van der Waals surface area contributed by atoms with Crippen LogP contribution in [0.3, 0.4) is 0 Å². The van der Waals surface area contributed by atoms with Gasteiger partial charge in [0.1, 0.15) is 30.5 Å². The fourth-order valence-corrected chi connectivity index (χ4v) is 4.84. The number of carbonyl (C=O) groups excluding carboxylic acids is 3. The number of hydrogen-bond donors (Lipinski definition) is 0. The van der Waals surface area contributed by atoms with Crippen molar-refractivity contribution in [2.24, 2.45) is 0 Å². The fraction of sp³-hybridized carbons (Fsp3) is 0.225. The third-order valence-electron chi connectivity index (χ3n) is 7.41. The Hall–Kier alpha value is -5.63. The van der Waals surface area contributed by atoms with Crippen LogP contribution in [0.5, 0.6) is 17.2 Å². The van der Waals surface area contributed by atoms with E-state index in [2.05, 4.69) is 50.4 Å². The summed E-state index contributed by atoms with van der Waals surface area (Å²) < 4.78 is 26.8. The Balaban J connectivity index is 1.26. The maximum Gasteiger partial charge on any atom is 0.343 e. The summed E-state index contributed by atoms with van der Waals surface area (Å²) in [6.07, 6.45) is 5.80. The SMILES string of the molecule is C=COC(=O)CCCCCOc1ccc(OC(=O)c2ccc(-c3ccc(-c4ccc(OCCOC(=O)C=C)c(CC)c4)cc3)cc2)cc1. The number of ether oxygens (including phenoxy) is 5. The van der Waals surface area contributed by atoms with E-state index in [9.17, 15) is 14.4 Å². The van der Waals surface area contributed by atoms with Gasteiger partial charge in [-0.25, -0.2) is 9.59 Å². The number of carbonyl (C=O) groups is 3. The van der Waals surface area contributed by atoms with Crippen LogP contribution in [0.2, 0.25) is 0 Å². The maximum atomic E-state index is 12.8. The van der Waals surface area contributed by atoms with Crippen molar-refractivity contribution in [1.29, 1.82) is 0 Å². The topological polar surface area (TPSA) is 97.4 Å². The van der Waals surface area contributed by atoms with Gasteiger partial charge in [0.05, 0.1) is 18.4 Å². The Morgan fingerprint density at radius 1 is 0.667 bits per heavy atom. The molecule has 0 aliphatic carbocycles. The number of esters is 3. The van der Waals surface area contributed by atoms with Crippen molar-refractivity contribution < 1.29 is 38.1 Å². The summed E-state index contributed by atoms with van der Waals surface area (Å²) in [6, 6.07) is 28.5. The molecule has 4 aromatic rings. The van der Waals surface area contributed by atoms with Gasteiger partial charge in [-0.1, -0.05) is 62.5 Å². The van der Waals surface area contributed by atoms with Crippen molar-refractivity contribution in [3.63, 3.8) is 0 Å². The van der Waals surface area contributed by atoms with Crippen LogP contribution >= 0.6 is 0 Å². The molecule has 0 N–H and O–H groups in total. The summed E-state index contributed by atoms with van der Waals surface area (Å²) in [7, 11) is 0. The largest absolute Gasteiger partial charge is 0.494 e. The van der Waals surface area contributed by atoms with E-state index >= 15 is 0 Å². The van der Waals surface area contributed by atoms with Crippen LogP contribution in [0.25, 0.3) is 22.3 Å². The molecule has 0 fully saturated rings. The molecule has 0 heterocycles. The van der Waals surface area contributed by atoms with Gasteiger partial charge in [-0.2, -0.15) is 0 Å². The summed E-state index contributed by atoms with van der Waals surface area (Å²) in [5.41, 5.74) is 5.65. The number of benzene rings is 4. The van der Waals surface area contributed by atoms with E-state index in [1.807, 2.05) is 24.3 Å². The van der Waals surface area contributed by atoms with Gasteiger partial charge in [0.25, 0.3) is 0 Å². The van der Waals surface area contributed by atoms with Crippen LogP contribution in [0.4, 0.5) is 0 Å². The van der Waals surface area contributed by atoms with Gasteiger partial charge >= 0.3 is 17.9 Å². The van der Waals surface area contributed by atoms with Gasteiger partial charge in [0, 0.05) is 12.5 Å². The summed E-state index contributed by atoms with van der Waals surface area (Å²) >= 11 is 0. The zero-order valence-electron chi connectivity index (χ0n) is 27.2. The highest BCUT2D eigenvalue weighted by molar-refractivity contribution is 5.91. The molecule has 0 aliphatic rings. The molecule has 8 heteroatoms. The minimum Gasteiger partial charge on any atom is -0.494 e. The maximum absolute atomic E-state index is 12.8. The lowest BCUT2D eigenvalue weighted by molar-refractivity contribution is -0.139. The Labute approximate surface area is 281 Å². The van der Waals surface area contributed by atoms with Gasteiger partial charge in [-0.15, -0.1) is 0 Å². The highest BCUT2D eigenvalue weighted by Crippen LogP contribution is 2.30. The average molecular weight is 649 g/mol. The van der Waals surface area contributed by atoms with Crippen LogP contribution in [-0.2, 0) is 25.5 Å². The number of unbranched alkanes of at least 4 members (excludes halogenated alkanes) is 2. The molecule has 0 radical (unpaired) electrons. The second kappa shape index (κ2) is 18.5. The Morgan fingerprint density at radius 3 is 1.94 bits per heavy atom. The van der Waals surface area contributed by atoms with E-state index in [0.29, 0.717) is 30.1 Å². The molecule has 0 atom stereocenters. The molecule has 4 aromatic carbocycles. The van der Waals surface area contributed by atoms with Crippen LogP contribution in [0.1, 0.15) is 48.5 Å². The first kappa shape index (κ1) is 35.2. The monoisotopic (exact) mass is 648 g/mol. The van der Waals surface area contributed by atoms with Gasteiger partial charge in [-0.3, -0.25) is 4.79 Å². The molecular weight excluding hydrogens is 608 g/mol. The summed E-state index contributed by atoms with van der Waals surface area (Å²) in [5.74, 6) is 0.670. The van der Waals surface area contributed by atoms with E-state index in [0.717, 1.165) is 71.6 Å². The van der Waals surface area contributed by atoms with E-state index in [1.165, 1.54) is 0 Å². The summed E-state index contributed by atoms with van der Waals surface area (Å²) in [6.45, 7) is 9.76. The first-order chi connectivity index (χ1) is 23.4. The third kappa shape index (κ3) is 10.7. The number of aryl methyl sites for hydroxylation is 1. The average Bonchev–Trinajstić information content (AvgIpc) is 3.12. The van der Waals surface area contributed by atoms with Crippen molar-refractivity contribution in [2.45, 2.75) is 39.0 Å². The molecule has 0 unspecified atom stereocenters. The van der Waals surface area contributed by atoms with Crippen molar-refractivity contribution in [3.8, 4) is 39.5 Å². The second-order valence-corrected chi connectivity index (χ2v) is 10.7. The zero-order chi connectivity index (χ0) is 34.1. The molecular formula is C40H40O8. The van der Waals surface area contributed by atoms with E-state index in [4.69, 9.17) is 23.7 Å². The molecule has 48 heavy (non-hydrogen) atoms. The molecule has 0 amide bonds. The van der Waals surface area contributed by atoms with Gasteiger partial charge in [-0.05, 0) is 102 Å². The standard InChI is InChI=1S/C40H40O8/c1-4-29-28-34(19-24-37(29)46-26-27-47-38(41)5-2)32-13-11-30(12-14-32)31-15-17-33(18-16-31)40(43)48-36-22-20-35(21-23-36)45-25-9-7-8-10-39(42)44-6-3/h5-6,11-24,28H,2-4,7-10,25-27H2,1H3. The van der Waals surface area contributed by atoms with Crippen molar-refractivity contribution in [3.05, 3.63) is 128 Å². The molecule has 0 spiro atoms. The van der Waals surface area contributed by atoms with E-state index in [-0.39, 0.29) is 19.2 Å². The zero-order valence-corrected chi connectivity index (χ0v) is 27.2. The minimum absolute atomic E-state index is 0.158. The predicted molar refractivity (Wildman–Crippen MR) is 185 cm³/mol. The molecule has 0 bridgehead atoms. The van der Waals surface area contributed by atoms with Crippen LogP contribution < -0.4 is 14.2 Å². The minimum atomic E-state index is -0.469. The van der Waals surface area contributed by atoms with Crippen LogP contribution in [0, 0.1) is 0 Å². The van der Waals surface area contributed by atoms with Crippen LogP contribution in [-0.4, -0.2) is 37.7 Å². The number of hydrogen-bond acceptors (Lipinski definition) is 8. The normalized spacial score (nSPS) is 10.4. The van der Waals surface area contributed by atoms with Gasteiger partial charge in [0.2, 0.25) is 0 Å². The molecule has 0 saturated carbocycles. The number of rotatable bonds is 18. The highest BCUT2D eigenvalue weighted by atomic mass is 16.6. The summed E-state index contributed by atoms with van der Waals surface area (Å²) in [4.78, 5) is 35.3. The molecule has 8 nitrogen and oxygen atoms in total. The lowest BCUT2D eigenvalue weighted by Gasteiger charge is -2.13. The predicted octanol–water partition coefficient (Wildman–Crippen LogP) is 8.54. The van der Waals surface area contributed by atoms with Crippen molar-refractivity contribution >= 4 is 17.9 Å². The quantitative estimate of drug-likeness (QED) is 0.0348. The molecule has 0 aliphatic heterocycles. The Bertz CT molecular complexity index is 1670. The Kier molecular flexibility index (Phi) is 13.6. The van der Waals surface area contributed by atoms with Gasteiger partial charge < -0.3 is 23.7 Å². The smallest absolute Gasteiger partial charge is 0.343 e. The lowest BCUT2D eigenvalue weighted by Crippen LogP contribution is -2.10. The Morgan fingerprint density at radius 2 is 1.29 bits per heavy atom. The van der Waals surface area contributed by atoms with E-state index in [1.54, 1.807) is 36.4 Å². The molecule has 0 aromatic heterocycles. The third-order valence-corrected chi connectivity index (χ3v) is 7.41. The highest BCUT2D eigenvalue weighted by Gasteiger charge is 2.11. The fourth-order valence-electron chi connectivity index (χ4n) is 4.84. The molecule has 4 rings (SSSR count). The van der Waals surface area contributed by atoms with E-state index < -0.39 is 11.9 Å². The summed E-state index contributed by atoms with van der Waals surface area (Å²) in [5, 5.41) is 0.